The molecule has 0 saturated carbocycles. The van der Waals surface area contributed by atoms with Gasteiger partial charge in [0, 0.05) is 36.2 Å². The van der Waals surface area contributed by atoms with Gasteiger partial charge in [-0.1, -0.05) is 0 Å². The van der Waals surface area contributed by atoms with Gasteiger partial charge in [-0.15, -0.1) is 0 Å². The normalized spacial score (nSPS) is 10.2. The summed E-state index contributed by atoms with van der Waals surface area (Å²) in [6, 6.07) is 1.79. The average Bonchev–Trinajstić information content (AvgIpc) is 2.24. The first-order valence-electron chi connectivity index (χ1n) is 5.11. The molecule has 0 aromatic carbocycles. The monoisotopic (exact) mass is 286 g/mol. The molecule has 1 aromatic heterocycles. The molecule has 1 rings (SSSR count). The lowest BCUT2D eigenvalue weighted by atomic mass is 10.2. The maximum absolute atomic E-state index is 11.7. The van der Waals surface area contributed by atoms with Crippen molar-refractivity contribution in [1.82, 2.24) is 9.88 Å². The zero-order valence-electron chi connectivity index (χ0n) is 9.42. The number of nitrogens with one attached hydrogen (secondary N) is 1. The van der Waals surface area contributed by atoms with Crippen molar-refractivity contribution in [1.29, 1.82) is 0 Å². The van der Waals surface area contributed by atoms with Gasteiger partial charge in [0.05, 0.1) is 0 Å². The van der Waals surface area contributed by atoms with Crippen molar-refractivity contribution in [2.75, 3.05) is 7.05 Å². The quantitative estimate of drug-likeness (QED) is 0.911. The lowest BCUT2D eigenvalue weighted by Gasteiger charge is -2.07. The van der Waals surface area contributed by atoms with E-state index in [-0.39, 0.29) is 11.5 Å². The van der Waals surface area contributed by atoms with E-state index in [1.54, 1.807) is 30.8 Å². The van der Waals surface area contributed by atoms with Crippen LogP contribution in [0.25, 0.3) is 0 Å². The number of nitrogens with zero attached hydrogens (tertiary/aromatic N) is 1. The third-order valence-electron chi connectivity index (χ3n) is 2.31. The minimum Gasteiger partial charge on any atom is -0.359 e. The lowest BCUT2D eigenvalue weighted by Crippen LogP contribution is -2.23. The second-order valence-electron chi connectivity index (χ2n) is 3.62. The molecule has 1 aromatic rings. The van der Waals surface area contributed by atoms with E-state index in [4.69, 9.17) is 0 Å². The maximum Gasteiger partial charge on any atom is 0.253 e. The molecule has 88 valence electrons. The molecule has 0 aliphatic carbocycles. The molecule has 1 N–H and O–H groups in total. The summed E-state index contributed by atoms with van der Waals surface area (Å²) in [6.07, 6.45) is 2.85. The van der Waals surface area contributed by atoms with E-state index in [9.17, 15) is 9.59 Å². The molecule has 5 heteroatoms. The standard InChI is InChI=1S/C11H15BrN2O2/c1-8-6-9(12)7-14(11(8)16)5-3-4-10(15)13-2/h6-7H,3-5H2,1-2H3,(H,13,15). The van der Waals surface area contributed by atoms with Gasteiger partial charge in [-0.3, -0.25) is 9.59 Å². The van der Waals surface area contributed by atoms with E-state index in [2.05, 4.69) is 21.2 Å². The number of amides is 1. The number of hydrogen-bond acceptors (Lipinski definition) is 2. The highest BCUT2D eigenvalue weighted by atomic mass is 79.9. The van der Waals surface area contributed by atoms with Crippen molar-refractivity contribution in [3.63, 3.8) is 0 Å². The van der Waals surface area contributed by atoms with Crippen LogP contribution in [0.1, 0.15) is 18.4 Å². The SMILES string of the molecule is CNC(=O)CCCn1cc(Br)cc(C)c1=O. The number of carbonyl (C=O) groups is 1. The van der Waals surface area contributed by atoms with Gasteiger partial charge in [0.25, 0.3) is 5.56 Å². The van der Waals surface area contributed by atoms with Gasteiger partial charge in [-0.05, 0) is 35.3 Å². The topological polar surface area (TPSA) is 51.1 Å². The van der Waals surface area contributed by atoms with Crippen LogP contribution < -0.4 is 10.9 Å². The highest BCUT2D eigenvalue weighted by molar-refractivity contribution is 9.10. The van der Waals surface area contributed by atoms with E-state index in [0.717, 1.165) is 4.47 Å². The fraction of sp³-hybridized carbons (Fsp3) is 0.455. The van der Waals surface area contributed by atoms with Crippen LogP contribution in [-0.4, -0.2) is 17.5 Å². The summed E-state index contributed by atoms with van der Waals surface area (Å²) in [6.45, 7) is 2.34. The van der Waals surface area contributed by atoms with Crippen LogP contribution in [-0.2, 0) is 11.3 Å². The highest BCUT2D eigenvalue weighted by Gasteiger charge is 2.03. The summed E-state index contributed by atoms with van der Waals surface area (Å²) in [7, 11) is 1.61. The minimum absolute atomic E-state index is 0.0000987. The van der Waals surface area contributed by atoms with Gasteiger partial charge in [-0.25, -0.2) is 0 Å². The molecule has 1 heterocycles. The van der Waals surface area contributed by atoms with Crippen LogP contribution in [0.5, 0.6) is 0 Å². The van der Waals surface area contributed by atoms with Crippen molar-refractivity contribution in [3.8, 4) is 0 Å². The molecule has 0 spiro atoms. The molecule has 0 bridgehead atoms. The Morgan fingerprint density at radius 3 is 2.88 bits per heavy atom. The van der Waals surface area contributed by atoms with E-state index in [1.165, 1.54) is 0 Å². The van der Waals surface area contributed by atoms with Crippen molar-refractivity contribution < 1.29 is 4.79 Å². The number of pyridine rings is 1. The van der Waals surface area contributed by atoms with Gasteiger partial charge >= 0.3 is 0 Å². The van der Waals surface area contributed by atoms with Crippen molar-refractivity contribution in [2.45, 2.75) is 26.3 Å². The predicted molar refractivity (Wildman–Crippen MR) is 66.4 cm³/mol. The van der Waals surface area contributed by atoms with Gasteiger partial charge in [-0.2, -0.15) is 0 Å². The summed E-state index contributed by atoms with van der Waals surface area (Å²) in [4.78, 5) is 22.7. The molecule has 0 aliphatic rings. The van der Waals surface area contributed by atoms with Crippen LogP contribution in [0.2, 0.25) is 0 Å². The van der Waals surface area contributed by atoms with Crippen LogP contribution in [0.4, 0.5) is 0 Å². The number of aromatic nitrogens is 1. The van der Waals surface area contributed by atoms with Crippen molar-refractivity contribution >= 4 is 21.8 Å². The molecule has 0 unspecified atom stereocenters. The first-order valence-corrected chi connectivity index (χ1v) is 5.91. The van der Waals surface area contributed by atoms with E-state index in [0.29, 0.717) is 24.9 Å². The largest absolute Gasteiger partial charge is 0.359 e. The number of carbonyl (C=O) groups excluding carboxylic acids is 1. The Bertz CT molecular complexity index is 440. The van der Waals surface area contributed by atoms with Crippen molar-refractivity contribution in [2.24, 2.45) is 0 Å². The minimum atomic E-state index is -0.000215. The average molecular weight is 287 g/mol. The lowest BCUT2D eigenvalue weighted by molar-refractivity contribution is -0.120. The first-order chi connectivity index (χ1) is 7.54. The second-order valence-corrected chi connectivity index (χ2v) is 4.53. The summed E-state index contributed by atoms with van der Waals surface area (Å²) in [5.41, 5.74) is 0.703. The van der Waals surface area contributed by atoms with Crippen molar-refractivity contribution in [3.05, 3.63) is 32.7 Å². The molecule has 16 heavy (non-hydrogen) atoms. The Morgan fingerprint density at radius 2 is 2.25 bits per heavy atom. The molecule has 0 atom stereocenters. The molecule has 0 saturated heterocycles. The van der Waals surface area contributed by atoms with Gasteiger partial charge in [0.1, 0.15) is 0 Å². The zero-order valence-corrected chi connectivity index (χ0v) is 11.0. The Hall–Kier alpha value is -1.10. The van der Waals surface area contributed by atoms with E-state index in [1.807, 2.05) is 0 Å². The molecule has 1 amide bonds. The van der Waals surface area contributed by atoms with Gasteiger partial charge in [0.15, 0.2) is 0 Å². The Morgan fingerprint density at radius 1 is 1.56 bits per heavy atom. The summed E-state index contributed by atoms with van der Waals surface area (Å²) in [5.74, 6) is -0.000215. The van der Waals surface area contributed by atoms with Crippen LogP contribution in [0, 0.1) is 6.92 Å². The summed E-state index contributed by atoms with van der Waals surface area (Å²) in [5, 5.41) is 2.55. The summed E-state index contributed by atoms with van der Waals surface area (Å²) < 4.78 is 2.51. The molecule has 4 nitrogen and oxygen atoms in total. The number of hydrogen-bond donors (Lipinski definition) is 1. The second kappa shape index (κ2) is 5.84. The Kier molecular flexibility index (Phi) is 4.73. The Labute approximate surface area is 103 Å². The molecule has 0 radical (unpaired) electrons. The van der Waals surface area contributed by atoms with Crippen LogP contribution in [0.15, 0.2) is 21.5 Å². The zero-order chi connectivity index (χ0) is 12.1. The number of aryl methyl sites for hydroxylation is 2. The first kappa shape index (κ1) is 13.0. The highest BCUT2D eigenvalue weighted by Crippen LogP contribution is 2.08. The molecule has 0 fully saturated rings. The fourth-order valence-corrected chi connectivity index (χ4v) is 2.03. The van der Waals surface area contributed by atoms with Crippen LogP contribution >= 0.6 is 15.9 Å². The number of halogens is 1. The third-order valence-corrected chi connectivity index (χ3v) is 2.75. The molecular weight excluding hydrogens is 272 g/mol. The molecular formula is C11H15BrN2O2. The predicted octanol–water partition coefficient (Wildman–Crippen LogP) is 1.45. The smallest absolute Gasteiger partial charge is 0.253 e. The Balaban J connectivity index is 2.67. The third kappa shape index (κ3) is 3.48. The van der Waals surface area contributed by atoms with Crippen LogP contribution in [0.3, 0.4) is 0 Å². The maximum atomic E-state index is 11.7. The van der Waals surface area contributed by atoms with E-state index < -0.39 is 0 Å². The summed E-state index contributed by atoms with van der Waals surface area (Å²) >= 11 is 3.34. The fourth-order valence-electron chi connectivity index (χ4n) is 1.44. The molecule has 0 aliphatic heterocycles. The van der Waals surface area contributed by atoms with Gasteiger partial charge in [0.2, 0.25) is 5.91 Å². The number of rotatable bonds is 4. The van der Waals surface area contributed by atoms with Gasteiger partial charge < -0.3 is 9.88 Å². The van der Waals surface area contributed by atoms with E-state index >= 15 is 0 Å².